The first-order valence-electron chi connectivity index (χ1n) is 2.94. The molecule has 0 spiro atoms. The molecule has 1 N–H and O–H groups in total. The number of aromatic nitrogens is 1. The van der Waals surface area contributed by atoms with Crippen molar-refractivity contribution in [1.29, 1.82) is 5.26 Å². The lowest BCUT2D eigenvalue weighted by Crippen LogP contribution is -1.99. The fraction of sp³-hybridized carbons (Fsp3) is 0. The second-order valence-electron chi connectivity index (χ2n) is 1.98. The lowest BCUT2D eigenvalue weighted by atomic mass is 10.2. The maximum atomic E-state index is 10.5. The van der Waals surface area contributed by atoms with Crippen molar-refractivity contribution in [3.63, 3.8) is 0 Å². The van der Waals surface area contributed by atoms with Gasteiger partial charge in [-0.2, -0.15) is 5.26 Å². The molecule has 0 unspecified atom stereocenters. The van der Waals surface area contributed by atoms with Crippen LogP contribution in [0.15, 0.2) is 16.9 Å². The normalized spacial score (nSPS) is 9.00. The summed E-state index contributed by atoms with van der Waals surface area (Å²) < 4.78 is 0.231. The van der Waals surface area contributed by atoms with Crippen LogP contribution < -0.4 is 0 Å². The zero-order chi connectivity index (χ0) is 9.14. The summed E-state index contributed by atoms with van der Waals surface area (Å²) in [4.78, 5) is 14.2. The number of halogens is 1. The summed E-state index contributed by atoms with van der Waals surface area (Å²) in [5.41, 5.74) is 0.227. The Kier molecular flexibility index (Phi) is 2.41. The van der Waals surface area contributed by atoms with Gasteiger partial charge in [0.25, 0.3) is 0 Å². The summed E-state index contributed by atoms with van der Waals surface area (Å²) >= 11 is 2.96. The van der Waals surface area contributed by atoms with Gasteiger partial charge in [0.2, 0.25) is 0 Å². The molecule has 12 heavy (non-hydrogen) atoms. The Balaban J connectivity index is 3.28. The monoisotopic (exact) mass is 226 g/mol. The van der Waals surface area contributed by atoms with Crippen molar-refractivity contribution >= 4 is 21.9 Å². The largest absolute Gasteiger partial charge is 0.478 e. The summed E-state index contributed by atoms with van der Waals surface area (Å²) in [5, 5.41) is 17.0. The van der Waals surface area contributed by atoms with Gasteiger partial charge in [-0.25, -0.2) is 9.78 Å². The minimum Gasteiger partial charge on any atom is -0.478 e. The molecule has 0 amide bonds. The first-order chi connectivity index (χ1) is 5.65. The van der Waals surface area contributed by atoms with Gasteiger partial charge < -0.3 is 5.11 Å². The highest BCUT2D eigenvalue weighted by Crippen LogP contribution is 2.14. The van der Waals surface area contributed by atoms with Crippen molar-refractivity contribution in [3.8, 4) is 6.07 Å². The Labute approximate surface area is 76.6 Å². The van der Waals surface area contributed by atoms with Crippen LogP contribution in [0, 0.1) is 11.3 Å². The molecule has 1 heterocycles. The maximum absolute atomic E-state index is 10.5. The number of hydrogen-bond donors (Lipinski definition) is 1. The fourth-order valence-electron chi connectivity index (χ4n) is 0.659. The van der Waals surface area contributed by atoms with Crippen molar-refractivity contribution in [1.82, 2.24) is 4.98 Å². The van der Waals surface area contributed by atoms with Crippen LogP contribution in [0.2, 0.25) is 0 Å². The Morgan fingerprint density at radius 3 is 2.92 bits per heavy atom. The summed E-state index contributed by atoms with van der Waals surface area (Å²) in [6, 6.07) is 3.07. The van der Waals surface area contributed by atoms with Crippen LogP contribution in [0.1, 0.15) is 15.9 Å². The second kappa shape index (κ2) is 3.32. The standard InChI is InChI=1S/C7H3BrN2O2/c8-6-5(7(11)12)1-4(2-9)3-10-6/h1,3H,(H,11,12). The number of nitriles is 1. The second-order valence-corrected chi connectivity index (χ2v) is 2.73. The molecule has 60 valence electrons. The van der Waals surface area contributed by atoms with E-state index in [2.05, 4.69) is 20.9 Å². The van der Waals surface area contributed by atoms with E-state index in [-0.39, 0.29) is 15.7 Å². The van der Waals surface area contributed by atoms with Gasteiger partial charge in [0.05, 0.1) is 11.1 Å². The minimum absolute atomic E-state index is 0.00551. The average Bonchev–Trinajstić information content (AvgIpc) is 2.05. The third-order valence-electron chi connectivity index (χ3n) is 1.20. The van der Waals surface area contributed by atoms with Gasteiger partial charge in [-0.1, -0.05) is 0 Å². The first kappa shape index (κ1) is 8.68. The smallest absolute Gasteiger partial charge is 0.338 e. The van der Waals surface area contributed by atoms with Gasteiger partial charge in [-0.3, -0.25) is 0 Å². The SMILES string of the molecule is N#Cc1cnc(Br)c(C(=O)O)c1. The van der Waals surface area contributed by atoms with E-state index in [0.717, 1.165) is 0 Å². The van der Waals surface area contributed by atoms with E-state index in [9.17, 15) is 4.79 Å². The highest BCUT2D eigenvalue weighted by atomic mass is 79.9. The third kappa shape index (κ3) is 1.60. The van der Waals surface area contributed by atoms with Gasteiger partial charge in [0.1, 0.15) is 10.7 Å². The lowest BCUT2D eigenvalue weighted by Gasteiger charge is -1.96. The van der Waals surface area contributed by atoms with E-state index >= 15 is 0 Å². The molecule has 0 aliphatic heterocycles. The van der Waals surface area contributed by atoms with Crippen molar-refractivity contribution in [2.24, 2.45) is 0 Å². The number of rotatable bonds is 1. The predicted octanol–water partition coefficient (Wildman–Crippen LogP) is 1.41. The van der Waals surface area contributed by atoms with Gasteiger partial charge in [0.15, 0.2) is 0 Å². The molecule has 0 bridgehead atoms. The average molecular weight is 227 g/mol. The van der Waals surface area contributed by atoms with E-state index in [1.54, 1.807) is 6.07 Å². The summed E-state index contributed by atoms with van der Waals surface area (Å²) in [5.74, 6) is -1.11. The maximum Gasteiger partial charge on any atom is 0.338 e. The molecule has 0 fully saturated rings. The Hall–Kier alpha value is -1.41. The third-order valence-corrected chi connectivity index (χ3v) is 1.83. The van der Waals surface area contributed by atoms with Crippen molar-refractivity contribution in [2.45, 2.75) is 0 Å². The summed E-state index contributed by atoms with van der Waals surface area (Å²) in [7, 11) is 0. The van der Waals surface area contributed by atoms with Crippen LogP contribution in [0.25, 0.3) is 0 Å². The number of carboxylic acid groups (broad SMARTS) is 1. The van der Waals surface area contributed by atoms with E-state index < -0.39 is 5.97 Å². The first-order valence-corrected chi connectivity index (χ1v) is 3.73. The number of aromatic carboxylic acids is 1. The molecule has 0 aromatic carbocycles. The molecule has 0 saturated heterocycles. The summed E-state index contributed by atoms with van der Waals surface area (Å²) in [6.45, 7) is 0. The van der Waals surface area contributed by atoms with Gasteiger partial charge >= 0.3 is 5.97 Å². The Morgan fingerprint density at radius 1 is 1.75 bits per heavy atom. The highest BCUT2D eigenvalue weighted by molar-refractivity contribution is 9.10. The highest BCUT2D eigenvalue weighted by Gasteiger charge is 2.09. The fourth-order valence-corrected chi connectivity index (χ4v) is 1.05. The van der Waals surface area contributed by atoms with E-state index in [4.69, 9.17) is 10.4 Å². The lowest BCUT2D eigenvalue weighted by molar-refractivity contribution is 0.0695. The molecular formula is C7H3BrN2O2. The molecule has 0 atom stereocenters. The molecule has 1 aromatic rings. The van der Waals surface area contributed by atoms with Gasteiger partial charge in [-0.05, 0) is 22.0 Å². The molecule has 4 nitrogen and oxygen atoms in total. The van der Waals surface area contributed by atoms with Crippen molar-refractivity contribution < 1.29 is 9.90 Å². The Morgan fingerprint density at radius 2 is 2.42 bits per heavy atom. The van der Waals surface area contributed by atoms with E-state index in [1.807, 2.05) is 0 Å². The van der Waals surface area contributed by atoms with E-state index in [0.29, 0.717) is 0 Å². The molecular weight excluding hydrogens is 224 g/mol. The quantitative estimate of drug-likeness (QED) is 0.736. The minimum atomic E-state index is -1.11. The van der Waals surface area contributed by atoms with Crippen LogP contribution in [0.3, 0.4) is 0 Å². The Bertz CT molecular complexity index is 370. The molecule has 0 radical (unpaired) electrons. The van der Waals surface area contributed by atoms with Crippen LogP contribution in [0.5, 0.6) is 0 Å². The summed E-state index contributed by atoms with van der Waals surface area (Å²) in [6.07, 6.45) is 1.30. The molecule has 1 rings (SSSR count). The number of carboxylic acids is 1. The van der Waals surface area contributed by atoms with Crippen LogP contribution in [-0.4, -0.2) is 16.1 Å². The zero-order valence-electron chi connectivity index (χ0n) is 5.78. The van der Waals surface area contributed by atoms with Crippen LogP contribution >= 0.6 is 15.9 Å². The molecule has 0 aliphatic rings. The number of nitrogens with zero attached hydrogens (tertiary/aromatic N) is 2. The van der Waals surface area contributed by atoms with Crippen molar-refractivity contribution in [2.75, 3.05) is 0 Å². The van der Waals surface area contributed by atoms with Crippen LogP contribution in [-0.2, 0) is 0 Å². The topological polar surface area (TPSA) is 74.0 Å². The molecule has 0 saturated carbocycles. The predicted molar refractivity (Wildman–Crippen MR) is 43.6 cm³/mol. The molecule has 1 aromatic heterocycles. The molecule has 0 aliphatic carbocycles. The number of carbonyl (C=O) groups is 1. The zero-order valence-corrected chi connectivity index (χ0v) is 7.37. The molecule has 5 heteroatoms. The van der Waals surface area contributed by atoms with E-state index in [1.165, 1.54) is 12.3 Å². The number of hydrogen-bond acceptors (Lipinski definition) is 3. The van der Waals surface area contributed by atoms with Crippen molar-refractivity contribution in [3.05, 3.63) is 28.0 Å². The number of pyridine rings is 1. The van der Waals surface area contributed by atoms with Crippen LogP contribution in [0.4, 0.5) is 0 Å². The van der Waals surface area contributed by atoms with Gasteiger partial charge in [0, 0.05) is 6.20 Å². The van der Waals surface area contributed by atoms with Gasteiger partial charge in [-0.15, -0.1) is 0 Å².